The van der Waals surface area contributed by atoms with Gasteiger partial charge >= 0.3 is 0 Å². The summed E-state index contributed by atoms with van der Waals surface area (Å²) in [5.41, 5.74) is 0. The van der Waals surface area contributed by atoms with Gasteiger partial charge in [0.1, 0.15) is 12.4 Å². The van der Waals surface area contributed by atoms with Crippen LogP contribution in [0.25, 0.3) is 0 Å². The number of likely N-dealkylation sites (N-methyl/N-ethyl adjacent to an activating group) is 1. The summed E-state index contributed by atoms with van der Waals surface area (Å²) >= 11 is 11.8. The fraction of sp³-hybridized carbons (Fsp3) is 0.500. The minimum atomic E-state index is 0.523. The van der Waals surface area contributed by atoms with E-state index in [4.69, 9.17) is 27.9 Å². The number of hydrogen-bond acceptors (Lipinski definition) is 2. The second-order valence-electron chi connectivity index (χ2n) is 4.16. The fourth-order valence-corrected chi connectivity index (χ4v) is 2.24. The molecule has 1 aliphatic heterocycles. The van der Waals surface area contributed by atoms with Crippen LogP contribution in [0.1, 0.15) is 12.8 Å². The summed E-state index contributed by atoms with van der Waals surface area (Å²) in [5.74, 6) is 0.787. The molecule has 0 bridgehead atoms. The van der Waals surface area contributed by atoms with Crippen LogP contribution < -0.4 is 4.74 Å². The van der Waals surface area contributed by atoms with Gasteiger partial charge in [0, 0.05) is 12.1 Å². The summed E-state index contributed by atoms with van der Waals surface area (Å²) < 4.78 is 5.71. The Morgan fingerprint density at radius 1 is 1.38 bits per heavy atom. The molecule has 2 rings (SSSR count). The molecule has 1 atom stereocenters. The van der Waals surface area contributed by atoms with Gasteiger partial charge in [0.05, 0.1) is 10.0 Å². The minimum Gasteiger partial charge on any atom is -0.492 e. The fourth-order valence-electron chi connectivity index (χ4n) is 1.95. The van der Waals surface area contributed by atoms with E-state index in [1.54, 1.807) is 12.1 Å². The topological polar surface area (TPSA) is 12.5 Å². The summed E-state index contributed by atoms with van der Waals surface area (Å²) in [5, 5.41) is 1.10. The van der Waals surface area contributed by atoms with E-state index in [1.807, 2.05) is 6.07 Å². The average molecular weight is 260 g/mol. The zero-order chi connectivity index (χ0) is 11.5. The first-order chi connectivity index (χ1) is 7.66. The Labute approximate surface area is 106 Å². The highest BCUT2D eigenvalue weighted by Gasteiger charge is 2.21. The Bertz CT molecular complexity index is 370. The van der Waals surface area contributed by atoms with E-state index < -0.39 is 0 Å². The predicted molar refractivity (Wildman–Crippen MR) is 67.6 cm³/mol. The number of likely N-dealkylation sites (tertiary alicyclic amines) is 1. The second-order valence-corrected chi connectivity index (χ2v) is 4.98. The van der Waals surface area contributed by atoms with Crippen molar-refractivity contribution in [3.05, 3.63) is 28.2 Å². The van der Waals surface area contributed by atoms with Gasteiger partial charge in [-0.15, -0.1) is 0 Å². The molecule has 1 fully saturated rings. The van der Waals surface area contributed by atoms with Crippen molar-refractivity contribution in [2.75, 3.05) is 20.2 Å². The molecule has 1 heterocycles. The molecule has 0 spiro atoms. The van der Waals surface area contributed by atoms with E-state index in [1.165, 1.54) is 12.8 Å². The maximum absolute atomic E-state index is 5.92. The molecule has 0 aliphatic carbocycles. The van der Waals surface area contributed by atoms with Crippen molar-refractivity contribution in [3.63, 3.8) is 0 Å². The molecule has 2 nitrogen and oxygen atoms in total. The smallest absolute Gasteiger partial charge is 0.120 e. The molecule has 4 heteroatoms. The van der Waals surface area contributed by atoms with Gasteiger partial charge < -0.3 is 9.64 Å². The molecule has 0 radical (unpaired) electrons. The van der Waals surface area contributed by atoms with E-state index >= 15 is 0 Å². The Morgan fingerprint density at radius 2 is 2.19 bits per heavy atom. The lowest BCUT2D eigenvalue weighted by Gasteiger charge is -2.19. The van der Waals surface area contributed by atoms with Gasteiger partial charge in [-0.2, -0.15) is 0 Å². The van der Waals surface area contributed by atoms with Crippen LogP contribution in [-0.4, -0.2) is 31.1 Å². The summed E-state index contributed by atoms with van der Waals surface area (Å²) in [6, 6.07) is 5.90. The lowest BCUT2D eigenvalue weighted by Crippen LogP contribution is -2.30. The maximum atomic E-state index is 5.92. The van der Waals surface area contributed by atoms with Crippen molar-refractivity contribution in [1.29, 1.82) is 0 Å². The molecular weight excluding hydrogens is 245 g/mol. The van der Waals surface area contributed by atoms with E-state index in [0.717, 1.165) is 12.3 Å². The van der Waals surface area contributed by atoms with Gasteiger partial charge in [0.2, 0.25) is 0 Å². The molecule has 1 saturated heterocycles. The summed E-state index contributed by atoms with van der Waals surface area (Å²) in [6.07, 6.45) is 2.46. The summed E-state index contributed by atoms with van der Waals surface area (Å²) in [4.78, 5) is 2.33. The molecule has 1 aromatic carbocycles. The molecule has 0 amide bonds. The normalized spacial score (nSPS) is 21.3. The Hall–Kier alpha value is -0.440. The monoisotopic (exact) mass is 259 g/mol. The van der Waals surface area contributed by atoms with Crippen molar-refractivity contribution in [1.82, 2.24) is 4.90 Å². The Morgan fingerprint density at radius 3 is 2.81 bits per heavy atom. The SMILES string of the molecule is CN1CCC[C@H]1COc1ccc(Cl)c(Cl)c1. The number of ether oxygens (including phenoxy) is 1. The van der Waals surface area contributed by atoms with Crippen LogP contribution in [0, 0.1) is 0 Å². The second kappa shape index (κ2) is 5.26. The molecule has 1 aromatic rings. The summed E-state index contributed by atoms with van der Waals surface area (Å²) in [6.45, 7) is 1.88. The lowest BCUT2D eigenvalue weighted by molar-refractivity contribution is 0.198. The van der Waals surface area contributed by atoms with Crippen molar-refractivity contribution in [3.8, 4) is 5.75 Å². The van der Waals surface area contributed by atoms with Crippen LogP contribution in [-0.2, 0) is 0 Å². The van der Waals surface area contributed by atoms with Gasteiger partial charge in [-0.25, -0.2) is 0 Å². The first-order valence-corrected chi connectivity index (χ1v) is 6.20. The third-order valence-corrected chi connectivity index (χ3v) is 3.74. The van der Waals surface area contributed by atoms with Crippen LogP contribution in [0.15, 0.2) is 18.2 Å². The van der Waals surface area contributed by atoms with Crippen molar-refractivity contribution < 1.29 is 4.74 Å². The van der Waals surface area contributed by atoms with Crippen molar-refractivity contribution in [2.24, 2.45) is 0 Å². The molecule has 0 N–H and O–H groups in total. The van der Waals surface area contributed by atoms with Crippen molar-refractivity contribution >= 4 is 23.2 Å². The molecule has 88 valence electrons. The highest BCUT2D eigenvalue weighted by molar-refractivity contribution is 6.42. The first-order valence-electron chi connectivity index (χ1n) is 5.45. The number of benzene rings is 1. The lowest BCUT2D eigenvalue weighted by atomic mass is 10.2. The Kier molecular flexibility index (Phi) is 3.95. The van der Waals surface area contributed by atoms with Gasteiger partial charge in [-0.1, -0.05) is 23.2 Å². The molecule has 0 aromatic heterocycles. The first kappa shape index (κ1) is 12.0. The summed E-state index contributed by atoms with van der Waals surface area (Å²) in [7, 11) is 2.13. The van der Waals surface area contributed by atoms with E-state index in [9.17, 15) is 0 Å². The van der Waals surface area contributed by atoms with Gasteiger partial charge in [0.15, 0.2) is 0 Å². The largest absolute Gasteiger partial charge is 0.492 e. The van der Waals surface area contributed by atoms with Crippen LogP contribution in [0.5, 0.6) is 5.75 Å². The van der Waals surface area contributed by atoms with E-state index in [2.05, 4.69) is 11.9 Å². The van der Waals surface area contributed by atoms with Crippen molar-refractivity contribution in [2.45, 2.75) is 18.9 Å². The van der Waals surface area contributed by atoms with Gasteiger partial charge in [0.25, 0.3) is 0 Å². The van der Waals surface area contributed by atoms with Crippen LogP contribution >= 0.6 is 23.2 Å². The van der Waals surface area contributed by atoms with Gasteiger partial charge in [-0.05, 0) is 38.6 Å². The van der Waals surface area contributed by atoms with E-state index in [0.29, 0.717) is 22.7 Å². The minimum absolute atomic E-state index is 0.523. The molecule has 16 heavy (non-hydrogen) atoms. The third kappa shape index (κ3) is 2.82. The van der Waals surface area contributed by atoms with E-state index in [-0.39, 0.29) is 0 Å². The van der Waals surface area contributed by atoms with Crippen LogP contribution in [0.2, 0.25) is 10.0 Å². The van der Waals surface area contributed by atoms with Crippen LogP contribution in [0.3, 0.4) is 0 Å². The number of rotatable bonds is 3. The van der Waals surface area contributed by atoms with Gasteiger partial charge in [-0.3, -0.25) is 0 Å². The highest BCUT2D eigenvalue weighted by Crippen LogP contribution is 2.26. The predicted octanol–water partition coefficient (Wildman–Crippen LogP) is 3.47. The number of hydrogen-bond donors (Lipinski definition) is 0. The Balaban J connectivity index is 1.91. The molecule has 0 unspecified atom stereocenters. The molecular formula is C12H15Cl2NO. The third-order valence-electron chi connectivity index (χ3n) is 3.00. The average Bonchev–Trinajstić information content (AvgIpc) is 2.66. The number of halogens is 2. The maximum Gasteiger partial charge on any atom is 0.120 e. The highest BCUT2D eigenvalue weighted by atomic mass is 35.5. The standard InChI is InChI=1S/C12H15Cl2NO/c1-15-6-2-3-9(15)8-16-10-4-5-11(13)12(14)7-10/h4-5,7,9H,2-3,6,8H2,1H3/t9-/m0/s1. The number of nitrogens with zero attached hydrogens (tertiary/aromatic N) is 1. The van der Waals surface area contributed by atoms with Crippen LogP contribution in [0.4, 0.5) is 0 Å². The molecule has 1 aliphatic rings. The quantitative estimate of drug-likeness (QED) is 0.825. The zero-order valence-electron chi connectivity index (χ0n) is 9.25. The molecule has 0 saturated carbocycles. The zero-order valence-corrected chi connectivity index (χ0v) is 10.8.